The number of aromatic nitrogens is 2. The fourth-order valence-corrected chi connectivity index (χ4v) is 3.29. The van der Waals surface area contributed by atoms with Crippen molar-refractivity contribution in [3.63, 3.8) is 0 Å². The van der Waals surface area contributed by atoms with Crippen LogP contribution in [0.2, 0.25) is 0 Å². The molecule has 0 aromatic carbocycles. The van der Waals surface area contributed by atoms with Crippen LogP contribution in [-0.4, -0.2) is 29.1 Å². The van der Waals surface area contributed by atoms with E-state index in [1.54, 1.807) is 13.3 Å². The molecule has 5 nitrogen and oxygen atoms in total. The quantitative estimate of drug-likeness (QED) is 0.834. The molecule has 1 heterocycles. The summed E-state index contributed by atoms with van der Waals surface area (Å²) in [6, 6.07) is -0.186. The largest absolute Gasteiger partial charge is 0.493 e. The molecular formula is C15H27N3O2. The number of methoxy groups -OCH3 is 1. The van der Waals surface area contributed by atoms with Crippen LogP contribution >= 0.6 is 0 Å². The highest BCUT2D eigenvalue weighted by Crippen LogP contribution is 2.43. The molecule has 0 spiro atoms. The summed E-state index contributed by atoms with van der Waals surface area (Å²) >= 11 is 0. The molecule has 0 amide bonds. The molecule has 1 unspecified atom stereocenters. The van der Waals surface area contributed by atoms with Gasteiger partial charge >= 0.3 is 0 Å². The summed E-state index contributed by atoms with van der Waals surface area (Å²) in [5, 5.41) is 4.42. The smallest absolute Gasteiger partial charge is 0.161 e. The van der Waals surface area contributed by atoms with E-state index in [2.05, 4.69) is 12.0 Å². The fraction of sp³-hybridized carbons (Fsp3) is 0.800. The van der Waals surface area contributed by atoms with Crippen molar-refractivity contribution in [3.8, 4) is 5.75 Å². The van der Waals surface area contributed by atoms with Gasteiger partial charge in [0, 0.05) is 13.2 Å². The minimum absolute atomic E-state index is 0.186. The number of ether oxygens (including phenoxy) is 2. The highest BCUT2D eigenvalue weighted by molar-refractivity contribution is 5.30. The van der Waals surface area contributed by atoms with Gasteiger partial charge in [0.15, 0.2) is 5.75 Å². The van der Waals surface area contributed by atoms with Crippen molar-refractivity contribution in [2.75, 3.05) is 13.7 Å². The summed E-state index contributed by atoms with van der Waals surface area (Å²) in [5.74, 6) is 0.775. The zero-order valence-corrected chi connectivity index (χ0v) is 12.9. The Hall–Kier alpha value is -1.07. The summed E-state index contributed by atoms with van der Waals surface area (Å²) in [5.41, 5.74) is 7.33. The normalized spacial score (nSPS) is 19.2. The van der Waals surface area contributed by atoms with Crippen molar-refractivity contribution >= 4 is 0 Å². The molecule has 0 aliphatic heterocycles. The van der Waals surface area contributed by atoms with Crippen molar-refractivity contribution in [1.29, 1.82) is 0 Å². The van der Waals surface area contributed by atoms with E-state index in [0.717, 1.165) is 37.3 Å². The first kappa shape index (κ1) is 15.3. The monoisotopic (exact) mass is 281 g/mol. The SMILES string of the molecule is CCCn1ncc(OC)c1C(N)C1(OCC)CCCC1. The van der Waals surface area contributed by atoms with Gasteiger partial charge in [-0.25, -0.2) is 0 Å². The summed E-state index contributed by atoms with van der Waals surface area (Å²) in [4.78, 5) is 0. The predicted molar refractivity (Wildman–Crippen MR) is 78.8 cm³/mol. The van der Waals surface area contributed by atoms with Crippen molar-refractivity contribution < 1.29 is 9.47 Å². The molecule has 1 aromatic heterocycles. The van der Waals surface area contributed by atoms with E-state index >= 15 is 0 Å². The van der Waals surface area contributed by atoms with Gasteiger partial charge in [-0.3, -0.25) is 4.68 Å². The molecule has 20 heavy (non-hydrogen) atoms. The third-order valence-electron chi connectivity index (χ3n) is 4.24. The van der Waals surface area contributed by atoms with Crippen molar-refractivity contribution in [2.45, 2.75) is 64.1 Å². The summed E-state index contributed by atoms with van der Waals surface area (Å²) in [6.07, 6.45) is 7.17. The highest BCUT2D eigenvalue weighted by Gasteiger charge is 2.43. The lowest BCUT2D eigenvalue weighted by Gasteiger charge is -2.35. The van der Waals surface area contributed by atoms with Crippen molar-refractivity contribution in [1.82, 2.24) is 9.78 Å². The molecule has 1 aromatic rings. The lowest BCUT2D eigenvalue weighted by atomic mass is 9.89. The van der Waals surface area contributed by atoms with Crippen LogP contribution in [0.5, 0.6) is 5.75 Å². The Labute approximate surface area is 121 Å². The molecule has 0 saturated heterocycles. The Morgan fingerprint density at radius 2 is 2.10 bits per heavy atom. The summed E-state index contributed by atoms with van der Waals surface area (Å²) in [7, 11) is 1.67. The van der Waals surface area contributed by atoms with Crippen LogP contribution in [-0.2, 0) is 11.3 Å². The van der Waals surface area contributed by atoms with E-state index in [0.29, 0.717) is 6.61 Å². The van der Waals surface area contributed by atoms with Gasteiger partial charge in [-0.15, -0.1) is 0 Å². The molecule has 2 rings (SSSR count). The molecule has 1 aliphatic rings. The average Bonchev–Trinajstić information content (AvgIpc) is 3.06. The van der Waals surface area contributed by atoms with Gasteiger partial charge in [0.25, 0.3) is 0 Å². The Morgan fingerprint density at radius 1 is 1.40 bits per heavy atom. The average molecular weight is 281 g/mol. The molecule has 1 saturated carbocycles. The lowest BCUT2D eigenvalue weighted by Crippen LogP contribution is -2.42. The number of nitrogens with zero attached hydrogens (tertiary/aromatic N) is 2. The second-order valence-corrected chi connectivity index (χ2v) is 5.50. The molecule has 114 valence electrons. The number of nitrogens with two attached hydrogens (primary N) is 1. The second-order valence-electron chi connectivity index (χ2n) is 5.50. The van der Waals surface area contributed by atoms with Gasteiger partial charge < -0.3 is 15.2 Å². The van der Waals surface area contributed by atoms with Gasteiger partial charge in [0.1, 0.15) is 5.69 Å². The van der Waals surface area contributed by atoms with Gasteiger partial charge in [-0.1, -0.05) is 19.8 Å². The van der Waals surface area contributed by atoms with Crippen LogP contribution in [0, 0.1) is 0 Å². The molecule has 5 heteroatoms. The van der Waals surface area contributed by atoms with E-state index in [4.69, 9.17) is 15.2 Å². The highest BCUT2D eigenvalue weighted by atomic mass is 16.5. The van der Waals surface area contributed by atoms with Crippen LogP contribution in [0.4, 0.5) is 0 Å². The van der Waals surface area contributed by atoms with Gasteiger partial charge in [0.05, 0.1) is 24.9 Å². The maximum Gasteiger partial charge on any atom is 0.161 e. The zero-order valence-electron chi connectivity index (χ0n) is 12.9. The van der Waals surface area contributed by atoms with Crippen LogP contribution in [0.1, 0.15) is 57.7 Å². The maximum atomic E-state index is 6.61. The lowest BCUT2D eigenvalue weighted by molar-refractivity contribution is -0.0557. The first-order chi connectivity index (χ1) is 9.68. The van der Waals surface area contributed by atoms with Crippen molar-refractivity contribution in [3.05, 3.63) is 11.9 Å². The third-order valence-corrected chi connectivity index (χ3v) is 4.24. The van der Waals surface area contributed by atoms with Crippen LogP contribution in [0.3, 0.4) is 0 Å². The number of aryl methyl sites for hydroxylation is 1. The van der Waals surface area contributed by atoms with E-state index < -0.39 is 0 Å². The molecule has 0 radical (unpaired) electrons. The molecular weight excluding hydrogens is 254 g/mol. The van der Waals surface area contributed by atoms with Gasteiger partial charge in [-0.05, 0) is 26.2 Å². The van der Waals surface area contributed by atoms with E-state index in [1.807, 2.05) is 11.6 Å². The first-order valence-electron chi connectivity index (χ1n) is 7.67. The second kappa shape index (κ2) is 6.59. The van der Waals surface area contributed by atoms with E-state index in [-0.39, 0.29) is 11.6 Å². The molecule has 1 atom stereocenters. The standard InChI is InChI=1S/C15H27N3O2/c1-4-10-18-13(12(19-3)11-17-18)14(16)15(20-5-2)8-6-7-9-15/h11,14H,4-10,16H2,1-3H3. The predicted octanol–water partition coefficient (Wildman–Crippen LogP) is 2.65. The van der Waals surface area contributed by atoms with E-state index in [9.17, 15) is 0 Å². The Kier molecular flexibility index (Phi) is 5.05. The number of rotatable bonds is 7. The molecule has 0 bridgehead atoms. The molecule has 1 aliphatic carbocycles. The Balaban J connectivity index is 2.35. The topological polar surface area (TPSA) is 62.3 Å². The minimum atomic E-state index is -0.256. The zero-order chi connectivity index (χ0) is 14.6. The number of hydrogen-bond donors (Lipinski definition) is 1. The molecule has 1 fully saturated rings. The van der Waals surface area contributed by atoms with Crippen LogP contribution < -0.4 is 10.5 Å². The number of hydrogen-bond acceptors (Lipinski definition) is 4. The summed E-state index contributed by atoms with van der Waals surface area (Å²) in [6.45, 7) is 5.72. The van der Waals surface area contributed by atoms with E-state index in [1.165, 1.54) is 12.8 Å². The Morgan fingerprint density at radius 3 is 2.65 bits per heavy atom. The Bertz CT molecular complexity index is 425. The molecule has 2 N–H and O–H groups in total. The van der Waals surface area contributed by atoms with Gasteiger partial charge in [-0.2, -0.15) is 5.10 Å². The van der Waals surface area contributed by atoms with Crippen LogP contribution in [0.25, 0.3) is 0 Å². The maximum absolute atomic E-state index is 6.61. The minimum Gasteiger partial charge on any atom is -0.493 e. The van der Waals surface area contributed by atoms with Crippen LogP contribution in [0.15, 0.2) is 6.20 Å². The summed E-state index contributed by atoms with van der Waals surface area (Å²) < 4.78 is 13.5. The first-order valence-corrected chi connectivity index (χ1v) is 7.67. The van der Waals surface area contributed by atoms with Gasteiger partial charge in [0.2, 0.25) is 0 Å². The fourth-order valence-electron chi connectivity index (χ4n) is 3.29. The van der Waals surface area contributed by atoms with Crippen molar-refractivity contribution in [2.24, 2.45) is 5.73 Å². The third kappa shape index (κ3) is 2.69.